The SMILES string of the molecule is Cc1cccc(N2CCN(Cc3nc(C(=O)N[C@H](C)c4ccccc4)co3)CC2)c1C. The predicted octanol–water partition coefficient (Wildman–Crippen LogP) is 4.10. The van der Waals surface area contributed by atoms with Crippen molar-refractivity contribution >= 4 is 11.6 Å². The smallest absolute Gasteiger partial charge is 0.273 e. The Morgan fingerprint density at radius 1 is 1.06 bits per heavy atom. The summed E-state index contributed by atoms with van der Waals surface area (Å²) in [5, 5.41) is 2.98. The zero-order valence-corrected chi connectivity index (χ0v) is 18.5. The Kier molecular flexibility index (Phi) is 6.37. The highest BCUT2D eigenvalue weighted by Crippen LogP contribution is 2.24. The van der Waals surface area contributed by atoms with E-state index in [1.165, 1.54) is 23.1 Å². The maximum Gasteiger partial charge on any atom is 0.273 e. The van der Waals surface area contributed by atoms with Gasteiger partial charge in [0, 0.05) is 31.9 Å². The molecule has 0 spiro atoms. The van der Waals surface area contributed by atoms with E-state index >= 15 is 0 Å². The number of rotatable bonds is 6. The second kappa shape index (κ2) is 9.35. The number of nitrogens with zero attached hydrogens (tertiary/aromatic N) is 3. The van der Waals surface area contributed by atoms with Gasteiger partial charge in [-0.15, -0.1) is 0 Å². The third-order valence-electron chi connectivity index (χ3n) is 6.08. The summed E-state index contributed by atoms with van der Waals surface area (Å²) in [6, 6.07) is 16.3. The number of amides is 1. The summed E-state index contributed by atoms with van der Waals surface area (Å²) in [7, 11) is 0. The van der Waals surface area contributed by atoms with Gasteiger partial charge in [0.25, 0.3) is 5.91 Å². The zero-order chi connectivity index (χ0) is 21.8. The molecule has 1 N–H and O–H groups in total. The first-order valence-corrected chi connectivity index (χ1v) is 10.8. The van der Waals surface area contributed by atoms with Gasteiger partial charge >= 0.3 is 0 Å². The summed E-state index contributed by atoms with van der Waals surface area (Å²) in [5.41, 5.74) is 5.38. The fraction of sp³-hybridized carbons (Fsp3) is 0.360. The van der Waals surface area contributed by atoms with Crippen LogP contribution in [0.2, 0.25) is 0 Å². The number of nitrogens with one attached hydrogen (secondary N) is 1. The lowest BCUT2D eigenvalue weighted by atomic mass is 10.1. The molecule has 1 fully saturated rings. The summed E-state index contributed by atoms with van der Waals surface area (Å²) in [5.74, 6) is 0.365. The largest absolute Gasteiger partial charge is 0.447 e. The number of oxazole rings is 1. The van der Waals surface area contributed by atoms with Gasteiger partial charge in [0.1, 0.15) is 6.26 Å². The maximum atomic E-state index is 12.5. The fourth-order valence-corrected chi connectivity index (χ4v) is 4.00. The number of aromatic nitrogens is 1. The van der Waals surface area contributed by atoms with Gasteiger partial charge in [-0.3, -0.25) is 9.69 Å². The first-order chi connectivity index (χ1) is 15.0. The summed E-state index contributed by atoms with van der Waals surface area (Å²) in [4.78, 5) is 21.7. The molecule has 1 amide bonds. The Balaban J connectivity index is 1.30. The summed E-state index contributed by atoms with van der Waals surface area (Å²) in [6.45, 7) is 10.7. The van der Waals surface area contributed by atoms with Crippen LogP contribution in [0.1, 0.15) is 46.0 Å². The average Bonchev–Trinajstić information content (AvgIpc) is 3.25. The molecule has 162 valence electrons. The van der Waals surface area contributed by atoms with E-state index in [1.807, 2.05) is 37.3 Å². The van der Waals surface area contributed by atoms with Gasteiger partial charge in [0.15, 0.2) is 5.69 Å². The number of benzene rings is 2. The van der Waals surface area contributed by atoms with Crippen LogP contribution in [0.25, 0.3) is 0 Å². The Morgan fingerprint density at radius 2 is 1.81 bits per heavy atom. The van der Waals surface area contributed by atoms with Crippen LogP contribution >= 0.6 is 0 Å². The minimum absolute atomic E-state index is 0.0907. The molecule has 2 aromatic carbocycles. The van der Waals surface area contributed by atoms with Crippen molar-refractivity contribution in [2.24, 2.45) is 0 Å². The van der Waals surface area contributed by atoms with Gasteiger partial charge in [0.05, 0.1) is 12.6 Å². The molecule has 1 saturated heterocycles. The number of hydrogen-bond acceptors (Lipinski definition) is 5. The van der Waals surface area contributed by atoms with Crippen molar-refractivity contribution in [1.29, 1.82) is 0 Å². The summed E-state index contributed by atoms with van der Waals surface area (Å²) >= 11 is 0. The van der Waals surface area contributed by atoms with Gasteiger partial charge < -0.3 is 14.6 Å². The average molecular weight is 419 g/mol. The van der Waals surface area contributed by atoms with Crippen molar-refractivity contribution in [1.82, 2.24) is 15.2 Å². The fourth-order valence-electron chi connectivity index (χ4n) is 4.00. The molecule has 1 aliphatic heterocycles. The van der Waals surface area contributed by atoms with Crippen molar-refractivity contribution in [2.75, 3.05) is 31.1 Å². The molecule has 0 aliphatic carbocycles. The Labute approximate surface area is 183 Å². The predicted molar refractivity (Wildman–Crippen MR) is 122 cm³/mol. The molecule has 2 heterocycles. The van der Waals surface area contributed by atoms with Crippen LogP contribution in [-0.2, 0) is 6.54 Å². The molecule has 31 heavy (non-hydrogen) atoms. The van der Waals surface area contributed by atoms with E-state index in [1.54, 1.807) is 0 Å². The molecule has 3 aromatic rings. The van der Waals surface area contributed by atoms with E-state index in [2.05, 4.69) is 52.1 Å². The number of carbonyl (C=O) groups excluding carboxylic acids is 1. The number of piperazine rings is 1. The molecule has 6 nitrogen and oxygen atoms in total. The third kappa shape index (κ3) is 4.97. The third-order valence-corrected chi connectivity index (χ3v) is 6.08. The molecular formula is C25H30N4O2. The lowest BCUT2D eigenvalue weighted by Gasteiger charge is -2.36. The van der Waals surface area contributed by atoms with Crippen LogP contribution in [-0.4, -0.2) is 42.0 Å². The summed E-state index contributed by atoms with van der Waals surface area (Å²) < 4.78 is 5.59. The summed E-state index contributed by atoms with van der Waals surface area (Å²) in [6.07, 6.45) is 1.45. The van der Waals surface area contributed by atoms with E-state index in [-0.39, 0.29) is 11.9 Å². The Bertz CT molecular complexity index is 1020. The maximum absolute atomic E-state index is 12.5. The minimum Gasteiger partial charge on any atom is -0.447 e. The van der Waals surface area contributed by atoms with E-state index < -0.39 is 0 Å². The normalized spacial score (nSPS) is 15.6. The van der Waals surface area contributed by atoms with Crippen molar-refractivity contribution in [3.8, 4) is 0 Å². The lowest BCUT2D eigenvalue weighted by molar-refractivity contribution is 0.0934. The minimum atomic E-state index is -0.217. The van der Waals surface area contributed by atoms with Crippen molar-refractivity contribution in [3.63, 3.8) is 0 Å². The molecule has 0 bridgehead atoms. The van der Waals surface area contributed by atoms with E-state index in [0.717, 1.165) is 31.7 Å². The van der Waals surface area contributed by atoms with E-state index in [9.17, 15) is 4.79 Å². The first-order valence-electron chi connectivity index (χ1n) is 10.8. The van der Waals surface area contributed by atoms with Crippen LogP contribution in [0.4, 0.5) is 5.69 Å². The quantitative estimate of drug-likeness (QED) is 0.653. The highest BCUT2D eigenvalue weighted by molar-refractivity contribution is 5.92. The van der Waals surface area contributed by atoms with Gasteiger partial charge in [0.2, 0.25) is 5.89 Å². The number of hydrogen-bond donors (Lipinski definition) is 1. The molecule has 1 aromatic heterocycles. The molecule has 1 aliphatic rings. The molecule has 0 radical (unpaired) electrons. The molecule has 6 heteroatoms. The highest BCUT2D eigenvalue weighted by atomic mass is 16.3. The molecular weight excluding hydrogens is 388 g/mol. The molecule has 4 rings (SSSR count). The second-order valence-corrected chi connectivity index (χ2v) is 8.21. The lowest BCUT2D eigenvalue weighted by Crippen LogP contribution is -2.46. The first kappa shape index (κ1) is 21.1. The van der Waals surface area contributed by atoms with Gasteiger partial charge in [-0.05, 0) is 43.5 Å². The Hall–Kier alpha value is -3.12. The van der Waals surface area contributed by atoms with Crippen LogP contribution < -0.4 is 10.2 Å². The number of carbonyl (C=O) groups is 1. The van der Waals surface area contributed by atoms with Crippen molar-refractivity contribution < 1.29 is 9.21 Å². The number of aryl methyl sites for hydroxylation is 1. The van der Waals surface area contributed by atoms with Crippen LogP contribution in [0.3, 0.4) is 0 Å². The standard InChI is InChI=1S/C25H30N4O2/c1-18-8-7-11-23(19(18)2)29-14-12-28(13-15-29)16-24-27-22(17-31-24)25(30)26-20(3)21-9-5-4-6-10-21/h4-11,17,20H,12-16H2,1-3H3,(H,26,30)/t20-/m1/s1. The van der Waals surface area contributed by atoms with Crippen molar-refractivity contribution in [2.45, 2.75) is 33.4 Å². The van der Waals surface area contributed by atoms with E-state index in [4.69, 9.17) is 4.42 Å². The van der Waals surface area contributed by atoms with Crippen LogP contribution in [0, 0.1) is 13.8 Å². The van der Waals surface area contributed by atoms with Gasteiger partial charge in [-0.25, -0.2) is 4.98 Å². The second-order valence-electron chi connectivity index (χ2n) is 8.21. The molecule has 1 atom stereocenters. The van der Waals surface area contributed by atoms with Crippen LogP contribution in [0.15, 0.2) is 59.2 Å². The Morgan fingerprint density at radius 3 is 2.55 bits per heavy atom. The molecule has 0 unspecified atom stereocenters. The monoisotopic (exact) mass is 418 g/mol. The zero-order valence-electron chi connectivity index (χ0n) is 18.5. The van der Waals surface area contributed by atoms with Gasteiger partial charge in [-0.1, -0.05) is 42.5 Å². The van der Waals surface area contributed by atoms with Crippen molar-refractivity contribution in [3.05, 3.63) is 83.1 Å². The topological polar surface area (TPSA) is 61.6 Å². The number of anilines is 1. The van der Waals surface area contributed by atoms with E-state index in [0.29, 0.717) is 18.1 Å². The highest BCUT2D eigenvalue weighted by Gasteiger charge is 2.21. The van der Waals surface area contributed by atoms with Gasteiger partial charge in [-0.2, -0.15) is 0 Å². The molecule has 0 saturated carbocycles. The van der Waals surface area contributed by atoms with Crippen LogP contribution in [0.5, 0.6) is 0 Å².